The van der Waals surface area contributed by atoms with Crippen LogP contribution in [0.2, 0.25) is 0 Å². The van der Waals surface area contributed by atoms with Gasteiger partial charge in [-0.25, -0.2) is 4.79 Å². The number of carbonyl (C=O) groups excluding carboxylic acids is 1. The summed E-state index contributed by atoms with van der Waals surface area (Å²) in [5.41, 5.74) is 0. The lowest BCUT2D eigenvalue weighted by Gasteiger charge is -1.93. The molecule has 0 atom stereocenters. The van der Waals surface area contributed by atoms with Crippen molar-refractivity contribution in [1.29, 1.82) is 0 Å². The van der Waals surface area contributed by atoms with E-state index in [0.29, 0.717) is 11.5 Å². The minimum absolute atomic E-state index is 0.289. The first-order valence-electron chi connectivity index (χ1n) is 3.44. The van der Waals surface area contributed by atoms with Crippen LogP contribution in [0, 0.1) is 0 Å². The molecular weight excluding hydrogens is 176 g/mol. The van der Waals surface area contributed by atoms with Gasteiger partial charge in [0.05, 0.1) is 13.7 Å². The third-order valence-corrected chi connectivity index (χ3v) is 2.37. The minimum Gasteiger partial charge on any atom is -0.465 e. The van der Waals surface area contributed by atoms with Gasteiger partial charge in [0, 0.05) is 12.0 Å². The summed E-state index contributed by atoms with van der Waals surface area (Å²) >= 11 is 1.39. The zero-order chi connectivity index (χ0) is 8.97. The van der Waals surface area contributed by atoms with Crippen molar-refractivity contribution in [2.45, 2.75) is 6.61 Å². The number of thiophene rings is 1. The van der Waals surface area contributed by atoms with Crippen molar-refractivity contribution in [3.8, 4) is 0 Å². The Morgan fingerprint density at radius 2 is 2.25 bits per heavy atom. The van der Waals surface area contributed by atoms with Gasteiger partial charge in [-0.3, -0.25) is 0 Å². The van der Waals surface area contributed by atoms with E-state index in [2.05, 4.69) is 4.74 Å². The van der Waals surface area contributed by atoms with E-state index < -0.39 is 0 Å². The average molecular weight is 186 g/mol. The maximum absolute atomic E-state index is 11.0. The summed E-state index contributed by atoms with van der Waals surface area (Å²) in [7, 11) is 3.00. The zero-order valence-electron chi connectivity index (χ0n) is 6.99. The van der Waals surface area contributed by atoms with Crippen molar-refractivity contribution in [2.75, 3.05) is 14.2 Å². The molecule has 0 bridgehead atoms. The molecule has 0 aliphatic carbocycles. The van der Waals surface area contributed by atoms with Crippen LogP contribution in [0.25, 0.3) is 0 Å². The van der Waals surface area contributed by atoms with Gasteiger partial charge in [0.1, 0.15) is 4.88 Å². The second-order valence-electron chi connectivity index (χ2n) is 2.19. The number of carbonyl (C=O) groups is 1. The highest BCUT2D eigenvalue weighted by Crippen LogP contribution is 2.17. The number of esters is 1. The summed E-state index contributed by atoms with van der Waals surface area (Å²) in [5, 5.41) is 0. The van der Waals surface area contributed by atoms with Crippen LogP contribution in [0.5, 0.6) is 0 Å². The van der Waals surface area contributed by atoms with E-state index >= 15 is 0 Å². The number of hydrogen-bond donors (Lipinski definition) is 0. The Hall–Kier alpha value is -0.870. The predicted molar refractivity (Wildman–Crippen MR) is 46.4 cm³/mol. The van der Waals surface area contributed by atoms with E-state index in [1.54, 1.807) is 13.2 Å². The first-order valence-corrected chi connectivity index (χ1v) is 4.25. The van der Waals surface area contributed by atoms with Crippen molar-refractivity contribution in [3.05, 3.63) is 21.9 Å². The number of methoxy groups -OCH3 is 2. The fourth-order valence-electron chi connectivity index (χ4n) is 0.808. The summed E-state index contributed by atoms with van der Waals surface area (Å²) in [4.78, 5) is 12.6. The van der Waals surface area contributed by atoms with E-state index in [1.165, 1.54) is 18.4 Å². The molecular formula is C8H10O3S. The molecule has 1 aromatic heterocycles. The van der Waals surface area contributed by atoms with Gasteiger partial charge in [-0.05, 0) is 12.1 Å². The molecule has 12 heavy (non-hydrogen) atoms. The Morgan fingerprint density at radius 3 is 2.83 bits per heavy atom. The Bertz CT molecular complexity index is 267. The molecule has 0 radical (unpaired) electrons. The second-order valence-corrected chi connectivity index (χ2v) is 3.36. The fraction of sp³-hybridized carbons (Fsp3) is 0.375. The van der Waals surface area contributed by atoms with Crippen LogP contribution in [0.4, 0.5) is 0 Å². The van der Waals surface area contributed by atoms with Crippen molar-refractivity contribution >= 4 is 17.3 Å². The molecule has 3 nitrogen and oxygen atoms in total. The van der Waals surface area contributed by atoms with Gasteiger partial charge >= 0.3 is 5.97 Å². The van der Waals surface area contributed by atoms with Crippen LogP contribution in [0.3, 0.4) is 0 Å². The minimum atomic E-state index is -0.289. The molecule has 1 aromatic rings. The van der Waals surface area contributed by atoms with E-state index in [4.69, 9.17) is 4.74 Å². The lowest BCUT2D eigenvalue weighted by Crippen LogP contribution is -1.96. The molecule has 66 valence electrons. The van der Waals surface area contributed by atoms with Crippen LogP contribution < -0.4 is 0 Å². The standard InChI is InChI=1S/C8H10O3S/c1-10-5-6-3-4-7(12-6)8(9)11-2/h3-4H,5H2,1-2H3. The van der Waals surface area contributed by atoms with Crippen molar-refractivity contribution in [3.63, 3.8) is 0 Å². The zero-order valence-corrected chi connectivity index (χ0v) is 7.81. The maximum Gasteiger partial charge on any atom is 0.348 e. The highest BCUT2D eigenvalue weighted by Gasteiger charge is 2.07. The number of hydrogen-bond acceptors (Lipinski definition) is 4. The van der Waals surface area contributed by atoms with Crippen LogP contribution in [-0.2, 0) is 16.1 Å². The Kier molecular flexibility index (Phi) is 3.25. The molecule has 0 N–H and O–H groups in total. The molecule has 0 amide bonds. The summed E-state index contributed by atoms with van der Waals surface area (Å²) in [6.07, 6.45) is 0. The first kappa shape index (κ1) is 9.22. The molecule has 0 aliphatic rings. The lowest BCUT2D eigenvalue weighted by atomic mass is 10.4. The van der Waals surface area contributed by atoms with Gasteiger partial charge in [-0.15, -0.1) is 11.3 Å². The van der Waals surface area contributed by atoms with Gasteiger partial charge in [-0.1, -0.05) is 0 Å². The average Bonchev–Trinajstić information content (AvgIpc) is 2.52. The fourth-order valence-corrected chi connectivity index (χ4v) is 1.71. The highest BCUT2D eigenvalue weighted by atomic mass is 32.1. The van der Waals surface area contributed by atoms with E-state index in [0.717, 1.165) is 4.88 Å². The summed E-state index contributed by atoms with van der Waals surface area (Å²) < 4.78 is 9.47. The highest BCUT2D eigenvalue weighted by molar-refractivity contribution is 7.13. The monoisotopic (exact) mass is 186 g/mol. The van der Waals surface area contributed by atoms with E-state index in [-0.39, 0.29) is 5.97 Å². The molecule has 4 heteroatoms. The topological polar surface area (TPSA) is 35.5 Å². The van der Waals surface area contributed by atoms with Gasteiger partial charge in [0.15, 0.2) is 0 Å². The predicted octanol–water partition coefficient (Wildman–Crippen LogP) is 1.68. The quantitative estimate of drug-likeness (QED) is 0.674. The van der Waals surface area contributed by atoms with E-state index in [9.17, 15) is 4.79 Å². The second kappa shape index (κ2) is 4.23. The smallest absolute Gasteiger partial charge is 0.348 e. The van der Waals surface area contributed by atoms with Crippen molar-refractivity contribution < 1.29 is 14.3 Å². The summed E-state index contributed by atoms with van der Waals surface area (Å²) in [6.45, 7) is 0.543. The third-order valence-electron chi connectivity index (χ3n) is 1.33. The molecule has 0 aliphatic heterocycles. The Labute approximate surface area is 74.9 Å². The SMILES string of the molecule is COCc1ccc(C(=O)OC)s1. The molecule has 1 heterocycles. The van der Waals surface area contributed by atoms with Gasteiger partial charge in [-0.2, -0.15) is 0 Å². The number of ether oxygens (including phenoxy) is 2. The Morgan fingerprint density at radius 1 is 1.50 bits per heavy atom. The molecule has 0 spiro atoms. The van der Waals surface area contributed by atoms with Crippen molar-refractivity contribution in [1.82, 2.24) is 0 Å². The molecule has 1 rings (SSSR count). The largest absolute Gasteiger partial charge is 0.465 e. The van der Waals surface area contributed by atoms with Gasteiger partial charge < -0.3 is 9.47 Å². The first-order chi connectivity index (χ1) is 5.77. The lowest BCUT2D eigenvalue weighted by molar-refractivity contribution is 0.0606. The van der Waals surface area contributed by atoms with E-state index in [1.807, 2.05) is 6.07 Å². The molecule has 0 saturated heterocycles. The summed E-state index contributed by atoms with van der Waals surface area (Å²) in [6, 6.07) is 3.60. The van der Waals surface area contributed by atoms with Crippen LogP contribution >= 0.6 is 11.3 Å². The normalized spacial score (nSPS) is 9.83. The Balaban J connectivity index is 2.70. The molecule has 0 fully saturated rings. The van der Waals surface area contributed by atoms with Gasteiger partial charge in [0.2, 0.25) is 0 Å². The molecule has 0 unspecified atom stereocenters. The number of rotatable bonds is 3. The van der Waals surface area contributed by atoms with Gasteiger partial charge in [0.25, 0.3) is 0 Å². The molecule has 0 aromatic carbocycles. The van der Waals surface area contributed by atoms with Crippen LogP contribution in [-0.4, -0.2) is 20.2 Å². The third kappa shape index (κ3) is 2.06. The van der Waals surface area contributed by atoms with Crippen LogP contribution in [0.15, 0.2) is 12.1 Å². The van der Waals surface area contributed by atoms with Crippen molar-refractivity contribution in [2.24, 2.45) is 0 Å². The molecule has 0 saturated carbocycles. The maximum atomic E-state index is 11.0. The van der Waals surface area contributed by atoms with Crippen LogP contribution in [0.1, 0.15) is 14.5 Å². The summed E-state index contributed by atoms with van der Waals surface area (Å²) in [5.74, 6) is -0.289.